The molecule has 20 heavy (non-hydrogen) atoms. The predicted octanol–water partition coefficient (Wildman–Crippen LogP) is 3.07. The molecule has 0 amide bonds. The molecule has 1 atom stereocenters. The highest BCUT2D eigenvalue weighted by molar-refractivity contribution is 6.31. The standard InChI is InChI=1S/C15H19ClN2O2/c1-18(10-11-5-4-8-20-11)13(9-17)15-12(16)6-3-7-14(15)19-2/h3-8,13H,9-10,17H2,1-2H3. The maximum Gasteiger partial charge on any atom is 0.125 e. The lowest BCUT2D eigenvalue weighted by Crippen LogP contribution is -2.30. The van der Waals surface area contributed by atoms with Gasteiger partial charge < -0.3 is 14.9 Å². The van der Waals surface area contributed by atoms with E-state index < -0.39 is 0 Å². The fourth-order valence-electron chi connectivity index (χ4n) is 2.30. The molecule has 0 radical (unpaired) electrons. The number of ether oxygens (including phenoxy) is 1. The lowest BCUT2D eigenvalue weighted by molar-refractivity contribution is 0.218. The van der Waals surface area contributed by atoms with Gasteiger partial charge in [0.1, 0.15) is 11.5 Å². The Hall–Kier alpha value is -1.49. The number of benzene rings is 1. The summed E-state index contributed by atoms with van der Waals surface area (Å²) >= 11 is 6.32. The zero-order valence-electron chi connectivity index (χ0n) is 11.7. The summed E-state index contributed by atoms with van der Waals surface area (Å²) in [4.78, 5) is 2.10. The Labute approximate surface area is 124 Å². The van der Waals surface area contributed by atoms with E-state index in [1.807, 2.05) is 37.4 Å². The van der Waals surface area contributed by atoms with Crippen LogP contribution in [0.2, 0.25) is 5.02 Å². The van der Waals surface area contributed by atoms with Gasteiger partial charge in [0.15, 0.2) is 0 Å². The van der Waals surface area contributed by atoms with Gasteiger partial charge in [0.25, 0.3) is 0 Å². The van der Waals surface area contributed by atoms with Crippen LogP contribution < -0.4 is 10.5 Å². The van der Waals surface area contributed by atoms with Crippen LogP contribution in [0.4, 0.5) is 0 Å². The third kappa shape index (κ3) is 3.15. The Morgan fingerprint density at radius 1 is 1.35 bits per heavy atom. The Morgan fingerprint density at radius 2 is 2.15 bits per heavy atom. The molecule has 0 aliphatic heterocycles. The normalized spacial score (nSPS) is 12.7. The summed E-state index contributed by atoms with van der Waals surface area (Å²) in [5.74, 6) is 1.64. The van der Waals surface area contributed by atoms with Crippen molar-refractivity contribution in [1.82, 2.24) is 4.90 Å². The number of halogens is 1. The summed E-state index contributed by atoms with van der Waals surface area (Å²) in [6.07, 6.45) is 1.66. The first-order valence-corrected chi connectivity index (χ1v) is 6.80. The molecule has 108 valence electrons. The highest BCUT2D eigenvalue weighted by Gasteiger charge is 2.22. The Bertz CT molecular complexity index is 543. The van der Waals surface area contributed by atoms with E-state index in [-0.39, 0.29) is 6.04 Å². The van der Waals surface area contributed by atoms with Crippen LogP contribution in [0, 0.1) is 0 Å². The number of furan rings is 1. The van der Waals surface area contributed by atoms with Gasteiger partial charge in [-0.05, 0) is 31.3 Å². The summed E-state index contributed by atoms with van der Waals surface area (Å²) in [6, 6.07) is 9.38. The van der Waals surface area contributed by atoms with Crippen LogP contribution in [0.5, 0.6) is 5.75 Å². The number of rotatable bonds is 6. The Morgan fingerprint density at radius 3 is 2.75 bits per heavy atom. The second kappa shape index (κ2) is 6.79. The van der Waals surface area contributed by atoms with Gasteiger partial charge in [-0.15, -0.1) is 0 Å². The van der Waals surface area contributed by atoms with Crippen LogP contribution >= 0.6 is 11.6 Å². The highest BCUT2D eigenvalue weighted by atomic mass is 35.5. The highest BCUT2D eigenvalue weighted by Crippen LogP contribution is 2.34. The molecule has 4 nitrogen and oxygen atoms in total. The molecule has 1 aromatic heterocycles. The van der Waals surface area contributed by atoms with Crippen molar-refractivity contribution >= 4 is 11.6 Å². The summed E-state index contributed by atoms with van der Waals surface area (Å²) in [6.45, 7) is 1.10. The molecule has 0 aliphatic rings. The number of hydrogen-bond donors (Lipinski definition) is 1. The fourth-order valence-corrected chi connectivity index (χ4v) is 2.59. The summed E-state index contributed by atoms with van der Waals surface area (Å²) in [5, 5.41) is 0.658. The van der Waals surface area contributed by atoms with Crippen molar-refractivity contribution in [3.05, 3.63) is 52.9 Å². The maximum absolute atomic E-state index is 6.32. The molecule has 0 aliphatic carbocycles. The van der Waals surface area contributed by atoms with Gasteiger partial charge in [0.2, 0.25) is 0 Å². The van der Waals surface area contributed by atoms with Crippen molar-refractivity contribution in [3.8, 4) is 5.75 Å². The van der Waals surface area contributed by atoms with Gasteiger partial charge >= 0.3 is 0 Å². The van der Waals surface area contributed by atoms with E-state index in [4.69, 9.17) is 26.5 Å². The number of likely N-dealkylation sites (N-methyl/N-ethyl adjacent to an activating group) is 1. The van der Waals surface area contributed by atoms with Gasteiger partial charge in [-0.1, -0.05) is 17.7 Å². The van der Waals surface area contributed by atoms with E-state index in [1.165, 1.54) is 0 Å². The first kappa shape index (κ1) is 14.9. The average molecular weight is 295 g/mol. The smallest absolute Gasteiger partial charge is 0.125 e. The van der Waals surface area contributed by atoms with Crippen LogP contribution in [-0.4, -0.2) is 25.6 Å². The molecular weight excluding hydrogens is 276 g/mol. The van der Waals surface area contributed by atoms with Crippen LogP contribution in [0.3, 0.4) is 0 Å². The SMILES string of the molecule is COc1cccc(Cl)c1C(CN)N(C)Cc1ccco1. The van der Waals surface area contributed by atoms with E-state index in [2.05, 4.69) is 4.90 Å². The zero-order chi connectivity index (χ0) is 14.5. The number of methoxy groups -OCH3 is 1. The van der Waals surface area contributed by atoms with E-state index >= 15 is 0 Å². The molecule has 0 fully saturated rings. The van der Waals surface area contributed by atoms with Crippen LogP contribution in [0.15, 0.2) is 41.0 Å². The van der Waals surface area contributed by atoms with Gasteiger partial charge in [0, 0.05) is 17.1 Å². The van der Waals surface area contributed by atoms with Crippen molar-refractivity contribution in [2.45, 2.75) is 12.6 Å². The largest absolute Gasteiger partial charge is 0.496 e. The van der Waals surface area contributed by atoms with Crippen molar-refractivity contribution in [1.29, 1.82) is 0 Å². The first-order chi connectivity index (χ1) is 9.67. The first-order valence-electron chi connectivity index (χ1n) is 6.42. The molecular formula is C15H19ClN2O2. The van der Waals surface area contributed by atoms with Crippen LogP contribution in [-0.2, 0) is 6.54 Å². The Balaban J connectivity index is 2.27. The third-order valence-electron chi connectivity index (χ3n) is 3.31. The number of nitrogens with zero attached hydrogens (tertiary/aromatic N) is 1. The minimum absolute atomic E-state index is 0.0382. The fraction of sp³-hybridized carbons (Fsp3) is 0.333. The second-order valence-corrected chi connectivity index (χ2v) is 5.01. The molecule has 0 saturated heterocycles. The quantitative estimate of drug-likeness (QED) is 0.889. The maximum atomic E-state index is 6.32. The lowest BCUT2D eigenvalue weighted by Gasteiger charge is -2.28. The molecule has 2 rings (SSSR count). The van der Waals surface area contributed by atoms with Gasteiger partial charge in [-0.25, -0.2) is 0 Å². The second-order valence-electron chi connectivity index (χ2n) is 4.60. The minimum Gasteiger partial charge on any atom is -0.496 e. The van der Waals surface area contributed by atoms with Crippen molar-refractivity contribution in [3.63, 3.8) is 0 Å². The molecule has 0 saturated carbocycles. The number of hydrogen-bond acceptors (Lipinski definition) is 4. The molecule has 0 bridgehead atoms. The molecule has 1 aromatic carbocycles. The summed E-state index contributed by atoms with van der Waals surface area (Å²) < 4.78 is 10.8. The van der Waals surface area contributed by atoms with E-state index in [9.17, 15) is 0 Å². The summed E-state index contributed by atoms with van der Waals surface area (Å²) in [7, 11) is 3.62. The van der Waals surface area contributed by atoms with Gasteiger partial charge in [0.05, 0.1) is 26.0 Å². The zero-order valence-corrected chi connectivity index (χ0v) is 12.4. The Kier molecular flexibility index (Phi) is 5.06. The summed E-state index contributed by atoms with van der Waals surface area (Å²) in [5.41, 5.74) is 6.85. The lowest BCUT2D eigenvalue weighted by atomic mass is 10.0. The van der Waals surface area contributed by atoms with E-state index in [0.29, 0.717) is 18.1 Å². The van der Waals surface area contributed by atoms with Crippen LogP contribution in [0.25, 0.3) is 0 Å². The topological polar surface area (TPSA) is 51.6 Å². The van der Waals surface area contributed by atoms with Gasteiger partial charge in [-0.3, -0.25) is 4.90 Å². The number of nitrogens with two attached hydrogens (primary N) is 1. The molecule has 5 heteroatoms. The predicted molar refractivity (Wildman–Crippen MR) is 80.0 cm³/mol. The third-order valence-corrected chi connectivity index (χ3v) is 3.64. The average Bonchev–Trinajstić information content (AvgIpc) is 2.94. The molecule has 1 heterocycles. The van der Waals surface area contributed by atoms with Crippen molar-refractivity contribution in [2.24, 2.45) is 5.73 Å². The monoisotopic (exact) mass is 294 g/mol. The molecule has 0 spiro atoms. The molecule has 1 unspecified atom stereocenters. The van der Waals surface area contributed by atoms with E-state index in [0.717, 1.165) is 17.1 Å². The van der Waals surface area contributed by atoms with Gasteiger partial charge in [-0.2, -0.15) is 0 Å². The minimum atomic E-state index is -0.0382. The molecule has 2 N–H and O–H groups in total. The van der Waals surface area contributed by atoms with E-state index in [1.54, 1.807) is 13.4 Å². The van der Waals surface area contributed by atoms with Crippen LogP contribution in [0.1, 0.15) is 17.4 Å². The molecule has 2 aromatic rings. The van der Waals surface area contributed by atoms with Crippen molar-refractivity contribution < 1.29 is 9.15 Å². The van der Waals surface area contributed by atoms with Crippen molar-refractivity contribution in [2.75, 3.05) is 20.7 Å².